The van der Waals surface area contributed by atoms with E-state index in [4.69, 9.17) is 17.3 Å². The molecule has 3 N–H and O–H groups in total. The smallest absolute Gasteiger partial charge is 0.153 e. The average molecular weight is 291 g/mol. The van der Waals surface area contributed by atoms with Gasteiger partial charge in [-0.05, 0) is 23.9 Å². The predicted molar refractivity (Wildman–Crippen MR) is 79.3 cm³/mol. The van der Waals surface area contributed by atoms with Gasteiger partial charge in [-0.15, -0.1) is 11.3 Å². The summed E-state index contributed by atoms with van der Waals surface area (Å²) in [6, 6.07) is 3.82. The van der Waals surface area contributed by atoms with Gasteiger partial charge in [-0.2, -0.15) is 5.10 Å². The minimum atomic E-state index is 0.449. The second-order valence-electron chi connectivity index (χ2n) is 4.16. The molecule has 0 aliphatic heterocycles. The van der Waals surface area contributed by atoms with E-state index >= 15 is 0 Å². The van der Waals surface area contributed by atoms with Gasteiger partial charge in [0.15, 0.2) is 5.82 Å². The maximum atomic E-state index is 6.32. The number of anilines is 1. The third-order valence-corrected chi connectivity index (χ3v) is 4.59. The maximum Gasteiger partial charge on any atom is 0.153 e. The van der Waals surface area contributed by atoms with Crippen molar-refractivity contribution < 1.29 is 0 Å². The number of rotatable bonds is 2. The molecule has 96 valence electrons. The summed E-state index contributed by atoms with van der Waals surface area (Å²) in [5.74, 6) is 0.449. The number of nitrogens with two attached hydrogens (primary N) is 1. The molecule has 0 amide bonds. The highest BCUT2D eigenvalue weighted by Crippen LogP contribution is 2.41. The molecule has 3 aromatic rings. The standard InChI is InChI=1S/C13H11ClN4S/c1-7-6-19-12(10(7)14)11-9(13(15)18-17-11)8-3-2-4-16-5-8/h2-6H,1H3,(H3,15,17,18). The van der Waals surface area contributed by atoms with Crippen molar-refractivity contribution in [2.45, 2.75) is 6.92 Å². The molecule has 3 heterocycles. The van der Waals surface area contributed by atoms with Crippen LogP contribution in [0.15, 0.2) is 29.9 Å². The molecule has 0 saturated carbocycles. The highest BCUT2D eigenvalue weighted by Gasteiger charge is 2.19. The first-order valence-corrected chi connectivity index (χ1v) is 6.92. The Labute approximate surface area is 119 Å². The molecular formula is C13H11ClN4S. The molecule has 0 aromatic carbocycles. The van der Waals surface area contributed by atoms with Crippen LogP contribution in [0.4, 0.5) is 5.82 Å². The zero-order valence-electron chi connectivity index (χ0n) is 10.1. The van der Waals surface area contributed by atoms with Gasteiger partial charge in [-0.25, -0.2) is 0 Å². The van der Waals surface area contributed by atoms with Gasteiger partial charge in [-0.1, -0.05) is 17.7 Å². The Morgan fingerprint density at radius 3 is 2.89 bits per heavy atom. The van der Waals surface area contributed by atoms with E-state index in [0.717, 1.165) is 32.3 Å². The van der Waals surface area contributed by atoms with Gasteiger partial charge in [0.25, 0.3) is 0 Å². The van der Waals surface area contributed by atoms with Gasteiger partial charge in [0.2, 0.25) is 0 Å². The summed E-state index contributed by atoms with van der Waals surface area (Å²) in [4.78, 5) is 5.06. The van der Waals surface area contributed by atoms with Crippen LogP contribution in [-0.4, -0.2) is 15.2 Å². The van der Waals surface area contributed by atoms with E-state index in [1.165, 1.54) is 0 Å². The topological polar surface area (TPSA) is 67.6 Å². The van der Waals surface area contributed by atoms with Gasteiger partial charge in [0.1, 0.15) is 0 Å². The van der Waals surface area contributed by atoms with E-state index in [0.29, 0.717) is 5.82 Å². The van der Waals surface area contributed by atoms with Crippen molar-refractivity contribution in [2.24, 2.45) is 0 Å². The summed E-state index contributed by atoms with van der Waals surface area (Å²) in [5.41, 5.74) is 9.61. The van der Waals surface area contributed by atoms with E-state index in [9.17, 15) is 0 Å². The zero-order chi connectivity index (χ0) is 13.4. The SMILES string of the molecule is Cc1csc(-c2[nH]nc(N)c2-c2cccnc2)c1Cl. The van der Waals surface area contributed by atoms with Crippen LogP contribution >= 0.6 is 22.9 Å². The number of nitrogens with zero attached hydrogens (tertiary/aromatic N) is 2. The summed E-state index contributed by atoms with van der Waals surface area (Å²) < 4.78 is 0. The van der Waals surface area contributed by atoms with E-state index in [1.54, 1.807) is 23.7 Å². The van der Waals surface area contributed by atoms with Crippen LogP contribution in [0.25, 0.3) is 21.7 Å². The first-order valence-electron chi connectivity index (χ1n) is 5.66. The molecule has 6 heteroatoms. The highest BCUT2D eigenvalue weighted by atomic mass is 35.5. The lowest BCUT2D eigenvalue weighted by Crippen LogP contribution is -1.88. The first kappa shape index (κ1) is 12.2. The van der Waals surface area contributed by atoms with Gasteiger partial charge in [0, 0.05) is 18.0 Å². The maximum absolute atomic E-state index is 6.32. The van der Waals surface area contributed by atoms with Crippen LogP contribution in [-0.2, 0) is 0 Å². The summed E-state index contributed by atoms with van der Waals surface area (Å²) in [6.45, 7) is 1.98. The van der Waals surface area contributed by atoms with Crippen LogP contribution in [0.2, 0.25) is 5.02 Å². The fourth-order valence-corrected chi connectivity index (χ4v) is 3.21. The molecule has 0 saturated heterocycles. The lowest BCUT2D eigenvalue weighted by Gasteiger charge is -2.03. The lowest BCUT2D eigenvalue weighted by atomic mass is 10.1. The number of aromatic amines is 1. The molecule has 0 spiro atoms. The summed E-state index contributed by atoms with van der Waals surface area (Å²) in [7, 11) is 0. The van der Waals surface area contributed by atoms with E-state index < -0.39 is 0 Å². The molecule has 0 aliphatic rings. The number of halogens is 1. The first-order chi connectivity index (χ1) is 9.18. The minimum absolute atomic E-state index is 0.449. The number of nitrogen functional groups attached to an aromatic ring is 1. The van der Waals surface area contributed by atoms with Crippen LogP contribution < -0.4 is 5.73 Å². The number of thiophene rings is 1. The number of aryl methyl sites for hydroxylation is 1. The Bertz CT molecular complexity index is 718. The summed E-state index contributed by atoms with van der Waals surface area (Å²) >= 11 is 7.89. The van der Waals surface area contributed by atoms with Crippen molar-refractivity contribution >= 4 is 28.8 Å². The number of aromatic nitrogens is 3. The Balaban J connectivity index is 2.22. The van der Waals surface area contributed by atoms with Crippen LogP contribution in [0, 0.1) is 6.92 Å². The number of pyridine rings is 1. The zero-order valence-corrected chi connectivity index (χ0v) is 11.7. The van der Waals surface area contributed by atoms with Crippen molar-refractivity contribution in [1.29, 1.82) is 0 Å². The van der Waals surface area contributed by atoms with Crippen molar-refractivity contribution in [1.82, 2.24) is 15.2 Å². The largest absolute Gasteiger partial charge is 0.382 e. The Morgan fingerprint density at radius 2 is 2.26 bits per heavy atom. The van der Waals surface area contributed by atoms with E-state index in [2.05, 4.69) is 15.2 Å². The average Bonchev–Trinajstić information content (AvgIpc) is 2.95. The van der Waals surface area contributed by atoms with Crippen molar-refractivity contribution in [2.75, 3.05) is 5.73 Å². The van der Waals surface area contributed by atoms with Crippen molar-refractivity contribution in [3.05, 3.63) is 40.5 Å². The van der Waals surface area contributed by atoms with E-state index in [-0.39, 0.29) is 0 Å². The fourth-order valence-electron chi connectivity index (χ4n) is 1.92. The summed E-state index contributed by atoms with van der Waals surface area (Å²) in [6.07, 6.45) is 3.49. The Morgan fingerprint density at radius 1 is 1.42 bits per heavy atom. The van der Waals surface area contributed by atoms with Gasteiger partial charge in [0.05, 0.1) is 21.2 Å². The van der Waals surface area contributed by atoms with Crippen molar-refractivity contribution in [3.63, 3.8) is 0 Å². The third-order valence-electron chi connectivity index (χ3n) is 2.87. The van der Waals surface area contributed by atoms with Gasteiger partial charge >= 0.3 is 0 Å². The second kappa shape index (κ2) is 4.68. The molecular weight excluding hydrogens is 280 g/mol. The number of nitrogens with one attached hydrogen (secondary N) is 1. The fraction of sp³-hybridized carbons (Fsp3) is 0.0769. The highest BCUT2D eigenvalue weighted by molar-refractivity contribution is 7.14. The van der Waals surface area contributed by atoms with Gasteiger partial charge < -0.3 is 5.73 Å². The summed E-state index contributed by atoms with van der Waals surface area (Å²) in [5, 5.41) is 9.81. The van der Waals surface area contributed by atoms with E-state index in [1.807, 2.05) is 24.4 Å². The molecule has 0 aliphatic carbocycles. The number of H-pyrrole nitrogens is 1. The quantitative estimate of drug-likeness (QED) is 0.755. The minimum Gasteiger partial charge on any atom is -0.382 e. The van der Waals surface area contributed by atoms with Crippen molar-refractivity contribution in [3.8, 4) is 21.7 Å². The monoisotopic (exact) mass is 290 g/mol. The number of hydrogen-bond acceptors (Lipinski definition) is 4. The second-order valence-corrected chi connectivity index (χ2v) is 5.42. The molecule has 0 fully saturated rings. The molecule has 0 unspecified atom stereocenters. The molecule has 0 radical (unpaired) electrons. The third kappa shape index (κ3) is 2.01. The van der Waals surface area contributed by atoms with Crippen LogP contribution in [0.3, 0.4) is 0 Å². The molecule has 3 rings (SSSR count). The molecule has 0 atom stereocenters. The molecule has 19 heavy (non-hydrogen) atoms. The molecule has 3 aromatic heterocycles. The van der Waals surface area contributed by atoms with Gasteiger partial charge in [-0.3, -0.25) is 10.1 Å². The molecule has 4 nitrogen and oxygen atoms in total. The Kier molecular flexibility index (Phi) is 3.00. The molecule has 0 bridgehead atoms. The number of hydrogen-bond donors (Lipinski definition) is 2. The lowest BCUT2D eigenvalue weighted by molar-refractivity contribution is 1.11. The normalized spacial score (nSPS) is 10.8. The van der Waals surface area contributed by atoms with Crippen LogP contribution in [0.1, 0.15) is 5.56 Å². The Hall–Kier alpha value is -1.85. The van der Waals surface area contributed by atoms with Crippen LogP contribution in [0.5, 0.6) is 0 Å². The predicted octanol–water partition coefficient (Wildman–Crippen LogP) is 3.74.